The van der Waals surface area contributed by atoms with Gasteiger partial charge in [0.15, 0.2) is 0 Å². The zero-order valence-corrected chi connectivity index (χ0v) is 15.7. The number of sulfonamides is 1. The molecule has 1 fully saturated rings. The number of amides is 1. The maximum atomic E-state index is 14.2. The largest absolute Gasteiger partial charge is 0.319 e. The molecule has 1 aliphatic rings. The second-order valence-electron chi connectivity index (χ2n) is 6.55. The molecule has 5 nitrogen and oxygen atoms in total. The maximum absolute atomic E-state index is 14.2. The van der Waals surface area contributed by atoms with Crippen LogP contribution in [-0.2, 0) is 10.0 Å². The van der Waals surface area contributed by atoms with E-state index in [9.17, 15) is 22.0 Å². The highest BCUT2D eigenvalue weighted by Gasteiger charge is 2.29. The number of halogens is 2. The average Bonchev–Trinajstić information content (AvgIpc) is 2.65. The van der Waals surface area contributed by atoms with Crippen molar-refractivity contribution in [2.45, 2.75) is 31.1 Å². The zero-order valence-electron chi connectivity index (χ0n) is 14.8. The van der Waals surface area contributed by atoms with Gasteiger partial charge in [-0.25, -0.2) is 17.2 Å². The molecule has 0 saturated carbocycles. The van der Waals surface area contributed by atoms with E-state index >= 15 is 0 Å². The molecule has 0 bridgehead atoms. The molecule has 0 unspecified atom stereocenters. The van der Waals surface area contributed by atoms with Crippen molar-refractivity contribution in [3.63, 3.8) is 0 Å². The lowest BCUT2D eigenvalue weighted by molar-refractivity contribution is 0.102. The number of anilines is 1. The van der Waals surface area contributed by atoms with Gasteiger partial charge in [0.2, 0.25) is 10.0 Å². The Balaban J connectivity index is 1.89. The second kappa shape index (κ2) is 7.74. The van der Waals surface area contributed by atoms with Crippen LogP contribution in [0.25, 0.3) is 0 Å². The number of hydrogen-bond acceptors (Lipinski definition) is 3. The van der Waals surface area contributed by atoms with Gasteiger partial charge in [0.25, 0.3) is 5.91 Å². The molecule has 1 aliphatic heterocycles. The van der Waals surface area contributed by atoms with Crippen LogP contribution in [0.15, 0.2) is 41.3 Å². The molecule has 0 aromatic heterocycles. The van der Waals surface area contributed by atoms with E-state index in [1.54, 1.807) is 13.0 Å². The monoisotopic (exact) mass is 394 g/mol. The summed E-state index contributed by atoms with van der Waals surface area (Å²) in [4.78, 5) is 11.9. The molecular formula is C19H20F2N2O3S. The minimum atomic E-state index is -4.03. The Morgan fingerprint density at radius 2 is 1.70 bits per heavy atom. The predicted molar refractivity (Wildman–Crippen MR) is 98.1 cm³/mol. The Kier molecular flexibility index (Phi) is 5.57. The van der Waals surface area contributed by atoms with E-state index in [0.717, 1.165) is 18.6 Å². The highest BCUT2D eigenvalue weighted by molar-refractivity contribution is 7.89. The summed E-state index contributed by atoms with van der Waals surface area (Å²) in [6.07, 6.45) is 2.36. The molecule has 0 aliphatic carbocycles. The number of carbonyl (C=O) groups is 1. The zero-order chi connectivity index (χ0) is 19.6. The van der Waals surface area contributed by atoms with Gasteiger partial charge in [-0.1, -0.05) is 12.5 Å². The van der Waals surface area contributed by atoms with Crippen LogP contribution in [0.3, 0.4) is 0 Å². The second-order valence-corrected chi connectivity index (χ2v) is 8.45. The van der Waals surface area contributed by atoms with E-state index in [1.807, 2.05) is 0 Å². The van der Waals surface area contributed by atoms with Crippen molar-refractivity contribution in [1.29, 1.82) is 0 Å². The van der Waals surface area contributed by atoms with E-state index in [1.165, 1.54) is 22.5 Å². The number of nitrogens with one attached hydrogen (secondary N) is 1. The SMILES string of the molecule is Cc1ccc(NC(=O)c2ccc(F)c(S(=O)(=O)N3CCCCC3)c2)c(F)c1. The lowest BCUT2D eigenvalue weighted by Gasteiger charge is -2.26. The highest BCUT2D eigenvalue weighted by Crippen LogP contribution is 2.24. The molecule has 1 saturated heterocycles. The molecule has 27 heavy (non-hydrogen) atoms. The summed E-state index contributed by atoms with van der Waals surface area (Å²) >= 11 is 0. The summed E-state index contributed by atoms with van der Waals surface area (Å²) in [6, 6.07) is 7.43. The summed E-state index contributed by atoms with van der Waals surface area (Å²) < 4.78 is 54.8. The van der Waals surface area contributed by atoms with Gasteiger partial charge >= 0.3 is 0 Å². The number of rotatable bonds is 4. The smallest absolute Gasteiger partial charge is 0.255 e. The van der Waals surface area contributed by atoms with Crippen LogP contribution in [0.1, 0.15) is 35.2 Å². The third-order valence-electron chi connectivity index (χ3n) is 4.50. The van der Waals surface area contributed by atoms with Crippen molar-refractivity contribution in [2.75, 3.05) is 18.4 Å². The van der Waals surface area contributed by atoms with Crippen molar-refractivity contribution in [3.05, 3.63) is 59.2 Å². The van der Waals surface area contributed by atoms with Gasteiger partial charge < -0.3 is 5.32 Å². The maximum Gasteiger partial charge on any atom is 0.255 e. The van der Waals surface area contributed by atoms with Crippen LogP contribution in [0.2, 0.25) is 0 Å². The van der Waals surface area contributed by atoms with Gasteiger partial charge in [-0.15, -0.1) is 0 Å². The van der Waals surface area contributed by atoms with Gasteiger partial charge in [0.05, 0.1) is 5.69 Å². The van der Waals surface area contributed by atoms with Crippen molar-refractivity contribution < 1.29 is 22.0 Å². The minimum absolute atomic E-state index is 0.0321. The molecule has 0 atom stereocenters. The lowest BCUT2D eigenvalue weighted by atomic mass is 10.2. The Morgan fingerprint density at radius 1 is 1.00 bits per heavy atom. The van der Waals surface area contributed by atoms with Gasteiger partial charge in [0, 0.05) is 18.7 Å². The Morgan fingerprint density at radius 3 is 2.37 bits per heavy atom. The molecule has 8 heteroatoms. The fraction of sp³-hybridized carbons (Fsp3) is 0.316. The third kappa shape index (κ3) is 4.17. The predicted octanol–water partition coefficient (Wildman–Crippen LogP) is 3.70. The third-order valence-corrected chi connectivity index (χ3v) is 6.41. The van der Waals surface area contributed by atoms with Gasteiger partial charge in [-0.3, -0.25) is 4.79 Å². The molecule has 0 radical (unpaired) electrons. The van der Waals surface area contributed by atoms with Crippen LogP contribution < -0.4 is 5.32 Å². The molecule has 2 aromatic carbocycles. The number of aryl methyl sites for hydroxylation is 1. The van der Waals surface area contributed by atoms with Gasteiger partial charge in [0.1, 0.15) is 16.5 Å². The lowest BCUT2D eigenvalue weighted by Crippen LogP contribution is -2.36. The number of piperidine rings is 1. The molecule has 2 aromatic rings. The molecule has 0 spiro atoms. The van der Waals surface area contributed by atoms with Crippen molar-refractivity contribution in [2.24, 2.45) is 0 Å². The van der Waals surface area contributed by atoms with Crippen molar-refractivity contribution in [3.8, 4) is 0 Å². The number of benzene rings is 2. The summed E-state index contributed by atoms with van der Waals surface area (Å²) in [5.41, 5.74) is 0.601. The van der Waals surface area contributed by atoms with Crippen molar-refractivity contribution in [1.82, 2.24) is 4.31 Å². The summed E-state index contributed by atoms with van der Waals surface area (Å²) in [6.45, 7) is 2.37. The first kappa shape index (κ1) is 19.4. The Labute approximate surface area is 157 Å². The first-order valence-electron chi connectivity index (χ1n) is 8.66. The first-order chi connectivity index (χ1) is 12.8. The van der Waals surface area contributed by atoms with E-state index < -0.39 is 32.5 Å². The van der Waals surface area contributed by atoms with Crippen LogP contribution in [-0.4, -0.2) is 31.7 Å². The fourth-order valence-corrected chi connectivity index (χ4v) is 4.61. The number of nitrogens with zero attached hydrogens (tertiary/aromatic N) is 1. The fourth-order valence-electron chi connectivity index (χ4n) is 3.00. The van der Waals surface area contributed by atoms with E-state index in [0.29, 0.717) is 31.5 Å². The number of hydrogen-bond donors (Lipinski definition) is 1. The minimum Gasteiger partial charge on any atom is -0.319 e. The number of carbonyl (C=O) groups excluding carboxylic acids is 1. The van der Waals surface area contributed by atoms with Crippen LogP contribution in [0, 0.1) is 18.6 Å². The summed E-state index contributed by atoms with van der Waals surface area (Å²) in [5, 5.41) is 2.39. The normalized spacial score (nSPS) is 15.5. The topological polar surface area (TPSA) is 66.5 Å². The van der Waals surface area contributed by atoms with Gasteiger partial charge in [-0.05, 0) is 55.7 Å². The van der Waals surface area contributed by atoms with Crippen LogP contribution >= 0.6 is 0 Å². The Bertz CT molecular complexity index is 971. The molecule has 1 heterocycles. The van der Waals surface area contributed by atoms with E-state index in [4.69, 9.17) is 0 Å². The summed E-state index contributed by atoms with van der Waals surface area (Å²) in [7, 11) is -4.03. The van der Waals surface area contributed by atoms with E-state index in [2.05, 4.69) is 5.32 Å². The van der Waals surface area contributed by atoms with Gasteiger partial charge in [-0.2, -0.15) is 4.31 Å². The standard InChI is InChI=1S/C19H20F2N2O3S/c1-13-5-8-17(16(21)11-13)22-19(24)14-6-7-15(20)18(12-14)27(25,26)23-9-3-2-4-10-23/h5-8,11-12H,2-4,9-10H2,1H3,(H,22,24). The van der Waals surface area contributed by atoms with E-state index in [-0.39, 0.29) is 11.3 Å². The van der Waals surface area contributed by atoms with Crippen LogP contribution in [0.4, 0.5) is 14.5 Å². The highest BCUT2D eigenvalue weighted by atomic mass is 32.2. The molecular weight excluding hydrogens is 374 g/mol. The molecule has 3 rings (SSSR count). The average molecular weight is 394 g/mol. The molecule has 1 N–H and O–H groups in total. The van der Waals surface area contributed by atoms with Crippen LogP contribution in [0.5, 0.6) is 0 Å². The summed E-state index contributed by atoms with van der Waals surface area (Å²) in [5.74, 6) is -2.24. The first-order valence-corrected chi connectivity index (χ1v) is 10.1. The molecule has 1 amide bonds. The Hall–Kier alpha value is -2.32. The molecule has 144 valence electrons. The quantitative estimate of drug-likeness (QED) is 0.860. The van der Waals surface area contributed by atoms with Crippen molar-refractivity contribution >= 4 is 21.6 Å².